The summed E-state index contributed by atoms with van der Waals surface area (Å²) in [6, 6.07) is 3.81. The van der Waals surface area contributed by atoms with Crippen LogP contribution in [0.3, 0.4) is 0 Å². The minimum Gasteiger partial charge on any atom is -0.508 e. The number of amides is 1. The molecule has 1 aliphatic rings. The average Bonchev–Trinajstić information content (AvgIpc) is 2.40. The molecule has 0 saturated heterocycles. The SMILES string of the molecule is CC1(C)CCC(O)(CNC(=O)c2ccc(O)cc2O)CC1. The molecule has 116 valence electrons. The average molecular weight is 293 g/mol. The fourth-order valence-corrected chi connectivity index (χ4v) is 2.62. The molecule has 21 heavy (non-hydrogen) atoms. The fraction of sp³-hybridized carbons (Fsp3) is 0.562. The molecular formula is C16H23NO4. The molecule has 0 heterocycles. The van der Waals surface area contributed by atoms with E-state index in [2.05, 4.69) is 19.2 Å². The lowest BCUT2D eigenvalue weighted by Crippen LogP contribution is -2.46. The van der Waals surface area contributed by atoms with Gasteiger partial charge in [-0.3, -0.25) is 4.79 Å². The molecule has 0 aromatic heterocycles. The molecule has 0 aliphatic heterocycles. The van der Waals surface area contributed by atoms with E-state index in [1.165, 1.54) is 12.1 Å². The molecule has 2 rings (SSSR count). The molecule has 5 heteroatoms. The van der Waals surface area contributed by atoms with Crippen molar-refractivity contribution in [2.45, 2.75) is 45.1 Å². The van der Waals surface area contributed by atoms with Gasteiger partial charge in [-0.15, -0.1) is 0 Å². The molecule has 0 radical (unpaired) electrons. The fourth-order valence-electron chi connectivity index (χ4n) is 2.62. The standard InChI is InChI=1S/C16H23NO4/c1-15(2)5-7-16(21,8-6-15)10-17-14(20)12-4-3-11(18)9-13(12)19/h3-4,9,18-19,21H,5-8,10H2,1-2H3,(H,17,20). The van der Waals surface area contributed by atoms with Gasteiger partial charge in [0.1, 0.15) is 11.5 Å². The van der Waals surface area contributed by atoms with Gasteiger partial charge in [-0.1, -0.05) is 13.8 Å². The largest absolute Gasteiger partial charge is 0.508 e. The maximum absolute atomic E-state index is 12.0. The van der Waals surface area contributed by atoms with Crippen molar-refractivity contribution in [3.8, 4) is 11.5 Å². The predicted molar refractivity (Wildman–Crippen MR) is 79.3 cm³/mol. The highest BCUT2D eigenvalue weighted by Gasteiger charge is 2.36. The Kier molecular flexibility index (Phi) is 4.14. The van der Waals surface area contributed by atoms with E-state index in [9.17, 15) is 20.1 Å². The van der Waals surface area contributed by atoms with Gasteiger partial charge in [-0.05, 0) is 43.2 Å². The van der Waals surface area contributed by atoms with Crippen LogP contribution < -0.4 is 5.32 Å². The zero-order valence-electron chi connectivity index (χ0n) is 12.5. The van der Waals surface area contributed by atoms with Crippen LogP contribution in [-0.4, -0.2) is 33.4 Å². The van der Waals surface area contributed by atoms with E-state index >= 15 is 0 Å². The third-order valence-electron chi connectivity index (χ3n) is 4.34. The Balaban J connectivity index is 1.95. The van der Waals surface area contributed by atoms with Crippen LogP contribution in [0.25, 0.3) is 0 Å². The van der Waals surface area contributed by atoms with Crippen molar-refractivity contribution in [2.24, 2.45) is 5.41 Å². The van der Waals surface area contributed by atoms with E-state index in [0.717, 1.165) is 18.9 Å². The summed E-state index contributed by atoms with van der Waals surface area (Å²) in [4.78, 5) is 12.0. The lowest BCUT2D eigenvalue weighted by Gasteiger charge is -2.40. The van der Waals surface area contributed by atoms with E-state index in [1.54, 1.807) is 0 Å². The van der Waals surface area contributed by atoms with Crippen molar-refractivity contribution in [2.75, 3.05) is 6.54 Å². The molecule has 0 bridgehead atoms. The van der Waals surface area contributed by atoms with Gasteiger partial charge in [-0.2, -0.15) is 0 Å². The Hall–Kier alpha value is -1.75. The second kappa shape index (κ2) is 5.56. The second-order valence-electron chi connectivity index (χ2n) is 6.77. The number of benzene rings is 1. The summed E-state index contributed by atoms with van der Waals surface area (Å²) in [5.41, 5.74) is -0.545. The molecule has 1 aliphatic carbocycles. The second-order valence-corrected chi connectivity index (χ2v) is 6.77. The van der Waals surface area contributed by atoms with Crippen molar-refractivity contribution >= 4 is 5.91 Å². The predicted octanol–water partition coefficient (Wildman–Crippen LogP) is 2.16. The van der Waals surface area contributed by atoms with Crippen molar-refractivity contribution < 1.29 is 20.1 Å². The molecule has 1 fully saturated rings. The summed E-state index contributed by atoms with van der Waals surface area (Å²) in [6.07, 6.45) is 3.15. The molecule has 0 unspecified atom stereocenters. The lowest BCUT2D eigenvalue weighted by molar-refractivity contribution is -0.0233. The first kappa shape index (κ1) is 15.6. The van der Waals surface area contributed by atoms with E-state index in [4.69, 9.17) is 0 Å². The summed E-state index contributed by atoms with van der Waals surface area (Å²) in [5, 5.41) is 32.0. The van der Waals surface area contributed by atoms with Gasteiger partial charge in [0.05, 0.1) is 11.2 Å². The number of hydrogen-bond donors (Lipinski definition) is 4. The van der Waals surface area contributed by atoms with Crippen LogP contribution in [0.15, 0.2) is 18.2 Å². The maximum Gasteiger partial charge on any atom is 0.255 e. The van der Waals surface area contributed by atoms with Gasteiger partial charge < -0.3 is 20.6 Å². The quantitative estimate of drug-likeness (QED) is 0.687. The van der Waals surface area contributed by atoms with Crippen LogP contribution in [0.2, 0.25) is 0 Å². The van der Waals surface area contributed by atoms with E-state index < -0.39 is 11.5 Å². The third-order valence-corrected chi connectivity index (χ3v) is 4.34. The third kappa shape index (κ3) is 3.88. The molecule has 1 aromatic rings. The van der Waals surface area contributed by atoms with Crippen LogP contribution in [0.5, 0.6) is 11.5 Å². The maximum atomic E-state index is 12.0. The summed E-state index contributed by atoms with van der Waals surface area (Å²) in [5.74, 6) is -0.827. The molecule has 0 spiro atoms. The van der Waals surface area contributed by atoms with Gasteiger partial charge in [0.25, 0.3) is 5.91 Å². The van der Waals surface area contributed by atoms with Crippen molar-refractivity contribution in [1.82, 2.24) is 5.32 Å². The van der Waals surface area contributed by atoms with Crippen LogP contribution >= 0.6 is 0 Å². The normalized spacial score (nSPS) is 20.0. The van der Waals surface area contributed by atoms with E-state index in [0.29, 0.717) is 12.8 Å². The summed E-state index contributed by atoms with van der Waals surface area (Å²) in [6.45, 7) is 4.53. The number of carbonyl (C=O) groups excluding carboxylic acids is 1. The van der Waals surface area contributed by atoms with Gasteiger partial charge in [-0.25, -0.2) is 0 Å². The molecule has 1 amide bonds. The number of carbonyl (C=O) groups is 1. The highest BCUT2D eigenvalue weighted by Crippen LogP contribution is 2.39. The van der Waals surface area contributed by atoms with E-state index in [1.807, 2.05) is 0 Å². The Bertz CT molecular complexity index is 529. The number of rotatable bonds is 3. The summed E-state index contributed by atoms with van der Waals surface area (Å²) < 4.78 is 0. The van der Waals surface area contributed by atoms with Crippen molar-refractivity contribution in [3.05, 3.63) is 23.8 Å². The molecule has 5 nitrogen and oxygen atoms in total. The molecule has 4 N–H and O–H groups in total. The monoisotopic (exact) mass is 293 g/mol. The van der Waals surface area contributed by atoms with Crippen molar-refractivity contribution in [3.63, 3.8) is 0 Å². The first-order valence-corrected chi connectivity index (χ1v) is 7.23. The zero-order valence-corrected chi connectivity index (χ0v) is 12.5. The van der Waals surface area contributed by atoms with Crippen LogP contribution in [0, 0.1) is 5.41 Å². The minimum absolute atomic E-state index is 0.0903. The number of aromatic hydroxyl groups is 2. The van der Waals surface area contributed by atoms with Gasteiger partial charge in [0, 0.05) is 12.6 Å². The summed E-state index contributed by atoms with van der Waals surface area (Å²) in [7, 11) is 0. The summed E-state index contributed by atoms with van der Waals surface area (Å²) >= 11 is 0. The Morgan fingerprint density at radius 2 is 1.81 bits per heavy atom. The van der Waals surface area contributed by atoms with Gasteiger partial charge in [0.15, 0.2) is 0 Å². The minimum atomic E-state index is -0.877. The Morgan fingerprint density at radius 1 is 1.19 bits per heavy atom. The van der Waals surface area contributed by atoms with E-state index in [-0.39, 0.29) is 29.0 Å². The first-order chi connectivity index (χ1) is 9.71. The molecule has 1 saturated carbocycles. The molecule has 1 aromatic carbocycles. The number of hydrogen-bond acceptors (Lipinski definition) is 4. The number of nitrogens with one attached hydrogen (secondary N) is 1. The zero-order chi connectivity index (χ0) is 15.7. The highest BCUT2D eigenvalue weighted by atomic mass is 16.3. The number of aliphatic hydroxyl groups is 1. The topological polar surface area (TPSA) is 89.8 Å². The Morgan fingerprint density at radius 3 is 2.38 bits per heavy atom. The van der Waals surface area contributed by atoms with Crippen LogP contribution in [-0.2, 0) is 0 Å². The van der Waals surface area contributed by atoms with Crippen LogP contribution in [0.4, 0.5) is 0 Å². The van der Waals surface area contributed by atoms with Crippen molar-refractivity contribution in [1.29, 1.82) is 0 Å². The van der Waals surface area contributed by atoms with Crippen LogP contribution in [0.1, 0.15) is 49.9 Å². The number of phenolic OH excluding ortho intramolecular Hbond substituents is 2. The van der Waals surface area contributed by atoms with Gasteiger partial charge in [0.2, 0.25) is 0 Å². The first-order valence-electron chi connectivity index (χ1n) is 7.23. The molecule has 0 atom stereocenters. The number of phenols is 2. The Labute approximate surface area is 124 Å². The van der Waals surface area contributed by atoms with Gasteiger partial charge >= 0.3 is 0 Å². The smallest absolute Gasteiger partial charge is 0.255 e. The highest BCUT2D eigenvalue weighted by molar-refractivity contribution is 5.97. The lowest BCUT2D eigenvalue weighted by atomic mass is 9.71. The molecular weight excluding hydrogens is 270 g/mol.